The number of hydrogen-bond acceptors (Lipinski definition) is 3. The Hall–Kier alpha value is -1.00. The molecule has 1 aromatic rings. The molecule has 0 bridgehead atoms. The second-order valence-corrected chi connectivity index (χ2v) is 5.88. The highest BCUT2D eigenvalue weighted by Crippen LogP contribution is 2.21. The molecular formula is C17H30FN3. The zero-order chi connectivity index (χ0) is 15.7. The largest absolute Gasteiger partial charge is 0.309 e. The Labute approximate surface area is 129 Å². The van der Waals surface area contributed by atoms with Crippen LogP contribution in [0.1, 0.15) is 51.8 Å². The van der Waals surface area contributed by atoms with Gasteiger partial charge in [-0.05, 0) is 44.6 Å². The van der Waals surface area contributed by atoms with Crippen molar-refractivity contribution in [2.24, 2.45) is 5.92 Å². The van der Waals surface area contributed by atoms with Gasteiger partial charge in [0.25, 0.3) is 0 Å². The molecule has 0 spiro atoms. The van der Waals surface area contributed by atoms with Gasteiger partial charge in [-0.25, -0.2) is 4.39 Å². The Bertz CT molecular complexity index is 380. The topological polar surface area (TPSA) is 28.2 Å². The molecule has 21 heavy (non-hydrogen) atoms. The van der Waals surface area contributed by atoms with Gasteiger partial charge in [0.2, 0.25) is 0 Å². The molecular weight excluding hydrogens is 265 g/mol. The van der Waals surface area contributed by atoms with Gasteiger partial charge in [-0.15, -0.1) is 0 Å². The molecule has 0 aromatic carbocycles. The maximum absolute atomic E-state index is 13.0. The first-order valence-electron chi connectivity index (χ1n) is 8.11. The quantitative estimate of drug-likeness (QED) is 0.668. The lowest BCUT2D eigenvalue weighted by molar-refractivity contribution is 0.242. The van der Waals surface area contributed by atoms with Crippen LogP contribution in [0.5, 0.6) is 0 Å². The van der Waals surface area contributed by atoms with E-state index in [4.69, 9.17) is 0 Å². The third-order valence-corrected chi connectivity index (χ3v) is 3.81. The van der Waals surface area contributed by atoms with Gasteiger partial charge in [-0.2, -0.15) is 0 Å². The minimum Gasteiger partial charge on any atom is -0.309 e. The minimum absolute atomic E-state index is 0.171. The highest BCUT2D eigenvalue weighted by molar-refractivity contribution is 5.11. The number of unbranched alkanes of at least 4 members (excludes halogenated alkanes) is 2. The van der Waals surface area contributed by atoms with Crippen molar-refractivity contribution in [1.29, 1.82) is 0 Å². The number of nitrogens with zero attached hydrogens (tertiary/aromatic N) is 2. The smallest absolute Gasteiger partial charge is 0.141 e. The van der Waals surface area contributed by atoms with Crippen molar-refractivity contribution in [3.8, 4) is 0 Å². The van der Waals surface area contributed by atoms with Crippen LogP contribution in [0.25, 0.3) is 0 Å². The molecule has 2 unspecified atom stereocenters. The summed E-state index contributed by atoms with van der Waals surface area (Å²) in [6.07, 6.45) is 5.09. The SMILES string of the molecule is CCCCCN(C)CC(C)C(NCC)c1ccc(F)cn1. The van der Waals surface area contributed by atoms with Crippen LogP contribution in [0.2, 0.25) is 0 Å². The van der Waals surface area contributed by atoms with Crippen LogP contribution in [0, 0.1) is 11.7 Å². The molecule has 0 amide bonds. The predicted octanol–water partition coefficient (Wildman–Crippen LogP) is 3.63. The van der Waals surface area contributed by atoms with E-state index in [0.717, 1.165) is 25.3 Å². The number of aromatic nitrogens is 1. The Kier molecular flexibility index (Phi) is 8.47. The molecule has 4 heteroatoms. The second kappa shape index (κ2) is 9.85. The van der Waals surface area contributed by atoms with Gasteiger partial charge in [0.1, 0.15) is 5.82 Å². The lowest BCUT2D eigenvalue weighted by atomic mass is 9.97. The van der Waals surface area contributed by atoms with Crippen LogP contribution >= 0.6 is 0 Å². The van der Waals surface area contributed by atoms with Gasteiger partial charge in [0.15, 0.2) is 0 Å². The van der Waals surface area contributed by atoms with Gasteiger partial charge >= 0.3 is 0 Å². The van der Waals surface area contributed by atoms with E-state index < -0.39 is 0 Å². The van der Waals surface area contributed by atoms with Gasteiger partial charge in [-0.1, -0.05) is 33.6 Å². The van der Waals surface area contributed by atoms with E-state index in [-0.39, 0.29) is 11.9 Å². The third kappa shape index (κ3) is 6.53. The monoisotopic (exact) mass is 295 g/mol. The summed E-state index contributed by atoms with van der Waals surface area (Å²) in [6.45, 7) is 9.58. The first-order valence-corrected chi connectivity index (χ1v) is 8.11. The van der Waals surface area contributed by atoms with Crippen molar-refractivity contribution in [3.63, 3.8) is 0 Å². The summed E-state index contributed by atoms with van der Waals surface area (Å²) in [4.78, 5) is 6.63. The zero-order valence-corrected chi connectivity index (χ0v) is 13.9. The molecule has 0 aliphatic rings. The van der Waals surface area contributed by atoms with Crippen LogP contribution in [-0.2, 0) is 0 Å². The van der Waals surface area contributed by atoms with Crippen LogP contribution in [-0.4, -0.2) is 36.6 Å². The van der Waals surface area contributed by atoms with Crippen LogP contribution in [0.15, 0.2) is 18.3 Å². The number of hydrogen-bond donors (Lipinski definition) is 1. The normalized spacial score (nSPS) is 14.4. The molecule has 1 heterocycles. The maximum Gasteiger partial charge on any atom is 0.141 e. The molecule has 0 saturated carbocycles. The lowest BCUT2D eigenvalue weighted by Gasteiger charge is -2.28. The molecule has 0 aliphatic heterocycles. The Balaban J connectivity index is 2.60. The molecule has 1 N–H and O–H groups in total. The summed E-state index contributed by atoms with van der Waals surface area (Å²) in [5.41, 5.74) is 0.924. The Morgan fingerprint density at radius 1 is 1.29 bits per heavy atom. The van der Waals surface area contributed by atoms with E-state index in [0.29, 0.717) is 5.92 Å². The first kappa shape index (κ1) is 18.1. The molecule has 0 aliphatic carbocycles. The van der Waals surface area contributed by atoms with Crippen molar-refractivity contribution in [2.75, 3.05) is 26.7 Å². The number of pyridine rings is 1. The Morgan fingerprint density at radius 2 is 2.05 bits per heavy atom. The lowest BCUT2D eigenvalue weighted by Crippen LogP contribution is -2.35. The van der Waals surface area contributed by atoms with E-state index in [1.165, 1.54) is 31.5 Å². The third-order valence-electron chi connectivity index (χ3n) is 3.81. The fraction of sp³-hybridized carbons (Fsp3) is 0.706. The molecule has 0 radical (unpaired) electrons. The van der Waals surface area contributed by atoms with Gasteiger partial charge in [-0.3, -0.25) is 4.98 Å². The van der Waals surface area contributed by atoms with E-state index in [1.54, 1.807) is 6.07 Å². The van der Waals surface area contributed by atoms with Crippen molar-refractivity contribution >= 4 is 0 Å². The molecule has 2 atom stereocenters. The standard InChI is InChI=1S/C17H30FN3/c1-5-7-8-11-21(4)13-14(3)17(19-6-2)16-10-9-15(18)12-20-16/h9-10,12,14,17,19H,5-8,11,13H2,1-4H3. The molecule has 1 aromatic heterocycles. The average Bonchev–Trinajstić information content (AvgIpc) is 2.46. The first-order chi connectivity index (χ1) is 10.1. The number of nitrogens with one attached hydrogen (secondary N) is 1. The molecule has 3 nitrogen and oxygen atoms in total. The van der Waals surface area contributed by atoms with Gasteiger partial charge < -0.3 is 10.2 Å². The number of halogens is 1. The molecule has 120 valence electrons. The summed E-state index contributed by atoms with van der Waals surface area (Å²) in [7, 11) is 2.17. The van der Waals surface area contributed by atoms with Crippen LogP contribution in [0.3, 0.4) is 0 Å². The molecule has 0 saturated heterocycles. The van der Waals surface area contributed by atoms with E-state index in [2.05, 4.69) is 43.0 Å². The average molecular weight is 295 g/mol. The van der Waals surface area contributed by atoms with Crippen molar-refractivity contribution in [1.82, 2.24) is 15.2 Å². The highest BCUT2D eigenvalue weighted by Gasteiger charge is 2.20. The highest BCUT2D eigenvalue weighted by atomic mass is 19.1. The molecule has 1 rings (SSSR count). The summed E-state index contributed by atoms with van der Waals surface area (Å²) in [5.74, 6) is 0.146. The van der Waals surface area contributed by atoms with E-state index in [1.807, 2.05) is 0 Å². The van der Waals surface area contributed by atoms with Crippen molar-refractivity contribution in [3.05, 3.63) is 29.8 Å². The van der Waals surface area contributed by atoms with E-state index >= 15 is 0 Å². The second-order valence-electron chi connectivity index (χ2n) is 5.88. The number of rotatable bonds is 10. The molecule has 0 fully saturated rings. The zero-order valence-electron chi connectivity index (χ0n) is 13.9. The maximum atomic E-state index is 13.0. The minimum atomic E-state index is -0.279. The van der Waals surface area contributed by atoms with Crippen molar-refractivity contribution < 1.29 is 4.39 Å². The van der Waals surface area contributed by atoms with Gasteiger partial charge in [0.05, 0.1) is 17.9 Å². The predicted molar refractivity (Wildman–Crippen MR) is 86.8 cm³/mol. The van der Waals surface area contributed by atoms with E-state index in [9.17, 15) is 4.39 Å². The fourth-order valence-corrected chi connectivity index (χ4v) is 2.71. The van der Waals surface area contributed by atoms with Crippen LogP contribution in [0.4, 0.5) is 4.39 Å². The van der Waals surface area contributed by atoms with Crippen LogP contribution < -0.4 is 5.32 Å². The summed E-state index contributed by atoms with van der Waals surface area (Å²) in [5, 5.41) is 3.48. The Morgan fingerprint density at radius 3 is 2.62 bits per heavy atom. The van der Waals surface area contributed by atoms with Gasteiger partial charge in [0, 0.05) is 6.54 Å². The summed E-state index contributed by atoms with van der Waals surface area (Å²) < 4.78 is 13.0. The summed E-state index contributed by atoms with van der Waals surface area (Å²) in [6, 6.07) is 3.45. The van der Waals surface area contributed by atoms with Crippen molar-refractivity contribution in [2.45, 2.75) is 46.1 Å². The summed E-state index contributed by atoms with van der Waals surface area (Å²) >= 11 is 0. The fourth-order valence-electron chi connectivity index (χ4n) is 2.71.